The van der Waals surface area contributed by atoms with E-state index >= 15 is 0 Å². The van der Waals surface area contributed by atoms with Crippen molar-refractivity contribution in [2.24, 2.45) is 5.92 Å². The summed E-state index contributed by atoms with van der Waals surface area (Å²) >= 11 is 0. The van der Waals surface area contributed by atoms with Crippen molar-refractivity contribution < 1.29 is 4.79 Å². The average Bonchev–Trinajstić information content (AvgIpc) is 3.19. The predicted molar refractivity (Wildman–Crippen MR) is 72.7 cm³/mol. The maximum Gasteiger partial charge on any atom is 0.269 e. The van der Waals surface area contributed by atoms with Gasteiger partial charge in [0, 0.05) is 13.1 Å². The average molecular weight is 247 g/mol. The molecule has 0 bridgehead atoms. The Labute approximate surface area is 108 Å². The van der Waals surface area contributed by atoms with Gasteiger partial charge in [-0.05, 0) is 37.8 Å². The number of hydrogen-bond acceptors (Lipinski definition) is 3. The number of rotatable bonds is 7. The molecule has 0 spiro atoms. The van der Waals surface area contributed by atoms with Gasteiger partial charge < -0.3 is 10.6 Å². The van der Waals surface area contributed by atoms with Crippen LogP contribution in [0.5, 0.6) is 0 Å². The van der Waals surface area contributed by atoms with Crippen LogP contribution in [0.25, 0.3) is 0 Å². The van der Waals surface area contributed by atoms with Crippen molar-refractivity contribution in [1.82, 2.24) is 10.3 Å². The van der Waals surface area contributed by atoms with E-state index in [1.54, 1.807) is 6.07 Å². The van der Waals surface area contributed by atoms with Crippen molar-refractivity contribution in [3.63, 3.8) is 0 Å². The molecule has 1 heterocycles. The number of hydrogen-bond donors (Lipinski definition) is 2. The summed E-state index contributed by atoms with van der Waals surface area (Å²) in [7, 11) is 0. The maximum absolute atomic E-state index is 11.9. The Bertz CT molecular complexity index is 402. The van der Waals surface area contributed by atoms with Gasteiger partial charge in [0.15, 0.2) is 0 Å². The fourth-order valence-electron chi connectivity index (χ4n) is 1.93. The number of pyridine rings is 1. The second-order valence-electron chi connectivity index (χ2n) is 4.78. The number of nitrogens with one attached hydrogen (secondary N) is 2. The highest BCUT2D eigenvalue weighted by Crippen LogP contribution is 2.33. The van der Waals surface area contributed by atoms with Gasteiger partial charge in [-0.2, -0.15) is 0 Å². The van der Waals surface area contributed by atoms with Crippen LogP contribution in [0.15, 0.2) is 18.2 Å². The lowest BCUT2D eigenvalue weighted by Gasteiger charge is -2.06. The Balaban J connectivity index is 1.77. The van der Waals surface area contributed by atoms with Crippen LogP contribution in [0.2, 0.25) is 0 Å². The Morgan fingerprint density at radius 3 is 3.00 bits per heavy atom. The molecule has 1 aromatic rings. The minimum Gasteiger partial charge on any atom is -0.370 e. The first-order chi connectivity index (χ1) is 8.79. The lowest BCUT2D eigenvalue weighted by atomic mass is 10.2. The number of carbonyl (C=O) groups excluding carboxylic acids is 1. The summed E-state index contributed by atoms with van der Waals surface area (Å²) < 4.78 is 0. The van der Waals surface area contributed by atoms with Crippen LogP contribution in [-0.2, 0) is 0 Å². The molecule has 1 aliphatic rings. The SMILES string of the molecule is CCNc1cccc(C(=O)NCCCC2CC2)n1. The number of nitrogens with zero attached hydrogens (tertiary/aromatic N) is 1. The molecule has 4 nitrogen and oxygen atoms in total. The molecule has 1 amide bonds. The highest BCUT2D eigenvalue weighted by molar-refractivity contribution is 5.92. The molecule has 2 rings (SSSR count). The van der Waals surface area contributed by atoms with Gasteiger partial charge in [-0.3, -0.25) is 4.79 Å². The third kappa shape index (κ3) is 4.02. The van der Waals surface area contributed by atoms with Crippen LogP contribution >= 0.6 is 0 Å². The first-order valence-electron chi connectivity index (χ1n) is 6.78. The largest absolute Gasteiger partial charge is 0.370 e. The van der Waals surface area contributed by atoms with Gasteiger partial charge >= 0.3 is 0 Å². The van der Waals surface area contributed by atoms with Crippen molar-refractivity contribution in [3.05, 3.63) is 23.9 Å². The van der Waals surface area contributed by atoms with E-state index in [-0.39, 0.29) is 5.91 Å². The van der Waals surface area contributed by atoms with Crippen molar-refractivity contribution in [2.75, 3.05) is 18.4 Å². The Morgan fingerprint density at radius 2 is 2.28 bits per heavy atom. The molecule has 0 aromatic carbocycles. The fraction of sp³-hybridized carbons (Fsp3) is 0.571. The lowest BCUT2D eigenvalue weighted by Crippen LogP contribution is -2.25. The zero-order valence-corrected chi connectivity index (χ0v) is 10.9. The van der Waals surface area contributed by atoms with Gasteiger partial charge in [-0.1, -0.05) is 18.9 Å². The molecule has 1 saturated carbocycles. The summed E-state index contributed by atoms with van der Waals surface area (Å²) in [6, 6.07) is 5.47. The van der Waals surface area contributed by atoms with Crippen LogP contribution in [-0.4, -0.2) is 24.0 Å². The Kier molecular flexibility index (Phi) is 4.56. The van der Waals surface area contributed by atoms with Gasteiger partial charge in [-0.25, -0.2) is 4.98 Å². The van der Waals surface area contributed by atoms with Crippen LogP contribution in [0.3, 0.4) is 0 Å². The topological polar surface area (TPSA) is 54.0 Å². The van der Waals surface area contributed by atoms with E-state index in [1.807, 2.05) is 19.1 Å². The van der Waals surface area contributed by atoms with Gasteiger partial charge in [0.25, 0.3) is 5.91 Å². The van der Waals surface area contributed by atoms with Crippen molar-refractivity contribution >= 4 is 11.7 Å². The normalized spacial score (nSPS) is 14.3. The van der Waals surface area contributed by atoms with Crippen LogP contribution < -0.4 is 10.6 Å². The molecule has 0 saturated heterocycles. The van der Waals surface area contributed by atoms with Crippen molar-refractivity contribution in [1.29, 1.82) is 0 Å². The Hall–Kier alpha value is -1.58. The van der Waals surface area contributed by atoms with E-state index in [1.165, 1.54) is 19.3 Å². The number of aromatic nitrogens is 1. The standard InChI is InChI=1S/C14H21N3O/c1-2-15-13-7-3-6-12(17-13)14(18)16-10-4-5-11-8-9-11/h3,6-7,11H,2,4-5,8-10H2,1H3,(H,15,17)(H,16,18). The molecule has 1 aliphatic carbocycles. The molecule has 0 atom stereocenters. The van der Waals surface area contributed by atoms with E-state index in [9.17, 15) is 4.79 Å². The molecular formula is C14H21N3O. The molecule has 0 radical (unpaired) electrons. The number of carbonyl (C=O) groups is 1. The number of anilines is 1. The summed E-state index contributed by atoms with van der Waals surface area (Å²) in [5, 5.41) is 6.02. The number of amides is 1. The Morgan fingerprint density at radius 1 is 1.44 bits per heavy atom. The molecule has 1 fully saturated rings. The molecule has 4 heteroatoms. The van der Waals surface area contributed by atoms with Gasteiger partial charge in [-0.15, -0.1) is 0 Å². The summed E-state index contributed by atoms with van der Waals surface area (Å²) in [5.41, 5.74) is 0.486. The maximum atomic E-state index is 11.9. The molecule has 98 valence electrons. The van der Waals surface area contributed by atoms with E-state index in [0.717, 1.165) is 31.2 Å². The summed E-state index contributed by atoms with van der Waals surface area (Å²) in [5.74, 6) is 1.60. The monoisotopic (exact) mass is 247 g/mol. The predicted octanol–water partition coefficient (Wildman–Crippen LogP) is 2.43. The van der Waals surface area contributed by atoms with Crippen molar-refractivity contribution in [2.45, 2.75) is 32.6 Å². The van der Waals surface area contributed by atoms with E-state index in [4.69, 9.17) is 0 Å². The molecule has 0 aliphatic heterocycles. The highest BCUT2D eigenvalue weighted by atomic mass is 16.1. The third-order valence-electron chi connectivity index (χ3n) is 3.11. The van der Waals surface area contributed by atoms with Crippen molar-refractivity contribution in [3.8, 4) is 0 Å². The van der Waals surface area contributed by atoms with Crippen LogP contribution in [0, 0.1) is 5.92 Å². The minimum absolute atomic E-state index is 0.0782. The summed E-state index contributed by atoms with van der Waals surface area (Å²) in [6.45, 7) is 3.56. The first kappa shape index (κ1) is 12.9. The lowest BCUT2D eigenvalue weighted by molar-refractivity contribution is 0.0948. The highest BCUT2D eigenvalue weighted by Gasteiger charge is 2.20. The second-order valence-corrected chi connectivity index (χ2v) is 4.78. The molecule has 0 unspecified atom stereocenters. The molecule has 1 aromatic heterocycles. The zero-order valence-electron chi connectivity index (χ0n) is 10.9. The van der Waals surface area contributed by atoms with Crippen LogP contribution in [0.4, 0.5) is 5.82 Å². The van der Waals surface area contributed by atoms with Crippen LogP contribution in [0.1, 0.15) is 43.1 Å². The molecule has 18 heavy (non-hydrogen) atoms. The molecular weight excluding hydrogens is 226 g/mol. The quantitative estimate of drug-likeness (QED) is 0.728. The fourth-order valence-corrected chi connectivity index (χ4v) is 1.93. The smallest absolute Gasteiger partial charge is 0.269 e. The third-order valence-corrected chi connectivity index (χ3v) is 3.11. The summed E-state index contributed by atoms with van der Waals surface area (Å²) in [6.07, 6.45) is 5.06. The minimum atomic E-state index is -0.0782. The van der Waals surface area contributed by atoms with E-state index in [2.05, 4.69) is 15.6 Å². The molecule has 2 N–H and O–H groups in total. The summed E-state index contributed by atoms with van der Waals surface area (Å²) in [4.78, 5) is 16.1. The van der Waals surface area contributed by atoms with E-state index < -0.39 is 0 Å². The second kappa shape index (κ2) is 6.38. The first-order valence-corrected chi connectivity index (χ1v) is 6.78. The van der Waals surface area contributed by atoms with Gasteiger partial charge in [0.1, 0.15) is 11.5 Å². The van der Waals surface area contributed by atoms with Gasteiger partial charge in [0.05, 0.1) is 0 Å². The van der Waals surface area contributed by atoms with Gasteiger partial charge in [0.2, 0.25) is 0 Å². The van der Waals surface area contributed by atoms with E-state index in [0.29, 0.717) is 5.69 Å². The zero-order chi connectivity index (χ0) is 12.8.